The summed E-state index contributed by atoms with van der Waals surface area (Å²) >= 11 is 1.63. The minimum absolute atomic E-state index is 0.122. The van der Waals surface area contributed by atoms with Crippen molar-refractivity contribution in [3.8, 4) is 11.5 Å². The molecule has 1 aliphatic rings. The Labute approximate surface area is 179 Å². The van der Waals surface area contributed by atoms with E-state index in [1.165, 1.54) is 10.4 Å². The predicted octanol–water partition coefficient (Wildman–Crippen LogP) is 3.43. The first-order valence-corrected chi connectivity index (χ1v) is 12.2. The minimum atomic E-state index is -3.83. The number of nitrogens with zero attached hydrogens (tertiary/aromatic N) is 2. The minimum Gasteiger partial charge on any atom is -0.442 e. The van der Waals surface area contributed by atoms with E-state index in [0.29, 0.717) is 36.5 Å². The van der Waals surface area contributed by atoms with Crippen molar-refractivity contribution in [1.29, 1.82) is 0 Å². The first kappa shape index (κ1) is 20.7. The smallest absolute Gasteiger partial charge is 0.276 e. The first-order valence-electron chi connectivity index (χ1n) is 9.52. The third-order valence-electron chi connectivity index (χ3n) is 5.05. The number of carbonyl (C=O) groups is 1. The summed E-state index contributed by atoms with van der Waals surface area (Å²) in [6, 6.07) is 12.3. The zero-order valence-corrected chi connectivity index (χ0v) is 18.0. The molecular formula is C20H22N4O4S2. The number of furan rings is 1. The molecule has 1 saturated heterocycles. The van der Waals surface area contributed by atoms with E-state index in [-0.39, 0.29) is 17.5 Å². The number of thioether (sulfide) groups is 1. The van der Waals surface area contributed by atoms with Gasteiger partial charge in [-0.1, -0.05) is 0 Å². The quantitative estimate of drug-likeness (QED) is 0.562. The van der Waals surface area contributed by atoms with Crippen LogP contribution in [-0.2, 0) is 14.8 Å². The second kappa shape index (κ2) is 8.66. The van der Waals surface area contributed by atoms with Gasteiger partial charge in [0.1, 0.15) is 5.69 Å². The molecular weight excluding hydrogens is 424 g/mol. The topological polar surface area (TPSA) is 108 Å². The van der Waals surface area contributed by atoms with Crippen molar-refractivity contribution in [3.05, 3.63) is 48.7 Å². The molecule has 1 aromatic carbocycles. The van der Waals surface area contributed by atoms with Gasteiger partial charge in [0.25, 0.3) is 10.0 Å². The van der Waals surface area contributed by atoms with Crippen LogP contribution in [0.4, 0.5) is 5.69 Å². The second-order valence-corrected chi connectivity index (χ2v) is 9.76. The van der Waals surface area contributed by atoms with E-state index in [1.54, 1.807) is 30.1 Å². The molecule has 3 aromatic rings. The fraction of sp³-hybridized carbons (Fsp3) is 0.300. The van der Waals surface area contributed by atoms with Crippen molar-refractivity contribution in [2.24, 2.45) is 5.92 Å². The Kier molecular flexibility index (Phi) is 5.98. The van der Waals surface area contributed by atoms with Gasteiger partial charge in [-0.25, -0.2) is 8.42 Å². The highest BCUT2D eigenvalue weighted by molar-refractivity contribution is 7.98. The predicted molar refractivity (Wildman–Crippen MR) is 115 cm³/mol. The van der Waals surface area contributed by atoms with Gasteiger partial charge in [0.2, 0.25) is 11.0 Å². The molecule has 3 heterocycles. The lowest BCUT2D eigenvalue weighted by Gasteiger charge is -2.30. The number of hydrogen-bond donors (Lipinski definition) is 2. The fourth-order valence-corrected chi connectivity index (χ4v) is 5.26. The molecule has 0 bridgehead atoms. The number of anilines is 1. The van der Waals surface area contributed by atoms with Crippen molar-refractivity contribution in [2.45, 2.75) is 22.8 Å². The molecule has 1 fully saturated rings. The van der Waals surface area contributed by atoms with E-state index >= 15 is 0 Å². The molecule has 1 atom stereocenters. The second-order valence-electron chi connectivity index (χ2n) is 7.01. The third-order valence-corrected chi connectivity index (χ3v) is 7.54. The molecule has 10 heteroatoms. The lowest BCUT2D eigenvalue weighted by atomic mass is 9.99. The van der Waals surface area contributed by atoms with Crippen molar-refractivity contribution >= 4 is 33.4 Å². The monoisotopic (exact) mass is 446 g/mol. The fourth-order valence-electron chi connectivity index (χ4n) is 3.42. The zero-order chi connectivity index (χ0) is 21.1. The number of aromatic amines is 1. The number of aromatic nitrogens is 2. The van der Waals surface area contributed by atoms with E-state index in [2.05, 4.69) is 15.5 Å². The van der Waals surface area contributed by atoms with Crippen LogP contribution < -0.4 is 5.32 Å². The van der Waals surface area contributed by atoms with E-state index in [9.17, 15) is 13.2 Å². The van der Waals surface area contributed by atoms with Crippen LogP contribution in [-0.4, -0.2) is 48.2 Å². The number of nitrogens with one attached hydrogen (secondary N) is 2. The largest absolute Gasteiger partial charge is 0.442 e. The van der Waals surface area contributed by atoms with Gasteiger partial charge in [0, 0.05) is 29.9 Å². The number of amides is 1. The lowest BCUT2D eigenvalue weighted by molar-refractivity contribution is -0.120. The summed E-state index contributed by atoms with van der Waals surface area (Å²) in [6.45, 7) is 0.478. The highest BCUT2D eigenvalue weighted by atomic mass is 32.2. The van der Waals surface area contributed by atoms with Crippen LogP contribution in [0.25, 0.3) is 11.5 Å². The Balaban J connectivity index is 1.45. The normalized spacial score (nSPS) is 17.7. The van der Waals surface area contributed by atoms with E-state index < -0.39 is 15.9 Å². The maximum atomic E-state index is 13.0. The van der Waals surface area contributed by atoms with Crippen LogP contribution in [0.3, 0.4) is 0 Å². The third kappa shape index (κ3) is 4.30. The van der Waals surface area contributed by atoms with Crippen LogP contribution in [0, 0.1) is 5.92 Å². The Morgan fingerprint density at radius 1 is 1.23 bits per heavy atom. The Morgan fingerprint density at radius 3 is 2.73 bits per heavy atom. The molecule has 1 aliphatic heterocycles. The number of benzene rings is 1. The Hall–Kier alpha value is -2.56. The van der Waals surface area contributed by atoms with Gasteiger partial charge in [0.15, 0.2) is 5.76 Å². The Morgan fingerprint density at radius 2 is 2.03 bits per heavy atom. The summed E-state index contributed by atoms with van der Waals surface area (Å²) in [5, 5.41) is 9.34. The number of carbonyl (C=O) groups excluding carboxylic acids is 1. The molecule has 0 unspecified atom stereocenters. The van der Waals surface area contributed by atoms with Gasteiger partial charge < -0.3 is 9.73 Å². The van der Waals surface area contributed by atoms with Gasteiger partial charge >= 0.3 is 0 Å². The average Bonchev–Trinajstić information content (AvgIpc) is 3.46. The first-order chi connectivity index (χ1) is 14.5. The molecule has 0 radical (unpaired) electrons. The standard InChI is InChI=1S/C20H22N4O4S2/c1-29-16-6-4-15(5-7-16)22-20(25)14-3-2-12-24(13-14)30(26,27)19-9-8-18(28-19)17-10-11-21-23-17/h4-11,14H,2-3,12-13H2,1H3,(H,21,23)(H,22,25)/t14-/m1/s1. The molecule has 0 aliphatic carbocycles. The van der Waals surface area contributed by atoms with Crippen molar-refractivity contribution < 1.29 is 17.6 Å². The lowest BCUT2D eigenvalue weighted by Crippen LogP contribution is -2.43. The summed E-state index contributed by atoms with van der Waals surface area (Å²) in [5.74, 6) is -0.203. The summed E-state index contributed by atoms with van der Waals surface area (Å²) in [5.41, 5.74) is 1.30. The van der Waals surface area contributed by atoms with Gasteiger partial charge in [-0.2, -0.15) is 9.40 Å². The molecule has 0 spiro atoms. The van der Waals surface area contributed by atoms with Gasteiger partial charge in [-0.15, -0.1) is 11.8 Å². The summed E-state index contributed by atoms with van der Waals surface area (Å²) < 4.78 is 33.0. The highest BCUT2D eigenvalue weighted by Crippen LogP contribution is 2.28. The number of H-pyrrole nitrogens is 1. The average molecular weight is 447 g/mol. The number of hydrogen-bond acceptors (Lipinski definition) is 6. The number of piperidine rings is 1. The molecule has 0 saturated carbocycles. The molecule has 8 nitrogen and oxygen atoms in total. The van der Waals surface area contributed by atoms with Crippen molar-refractivity contribution in [2.75, 3.05) is 24.7 Å². The van der Waals surface area contributed by atoms with Gasteiger partial charge in [-0.3, -0.25) is 9.89 Å². The SMILES string of the molecule is CSc1ccc(NC(=O)[C@@H]2CCCN(S(=O)(=O)c3ccc(-c4ccn[nH]4)o3)C2)cc1. The summed E-state index contributed by atoms with van der Waals surface area (Å²) in [6.07, 6.45) is 4.80. The maximum absolute atomic E-state index is 13.0. The van der Waals surface area contributed by atoms with E-state index in [1.807, 2.05) is 30.5 Å². The molecule has 4 rings (SSSR count). The van der Waals surface area contributed by atoms with Crippen LogP contribution in [0.2, 0.25) is 0 Å². The number of rotatable bonds is 6. The van der Waals surface area contributed by atoms with Crippen LogP contribution >= 0.6 is 11.8 Å². The van der Waals surface area contributed by atoms with Crippen molar-refractivity contribution in [3.63, 3.8) is 0 Å². The highest BCUT2D eigenvalue weighted by Gasteiger charge is 2.35. The van der Waals surface area contributed by atoms with Gasteiger partial charge in [-0.05, 0) is 61.6 Å². The van der Waals surface area contributed by atoms with Crippen LogP contribution in [0.1, 0.15) is 12.8 Å². The molecule has 2 N–H and O–H groups in total. The molecule has 158 valence electrons. The molecule has 1 amide bonds. The van der Waals surface area contributed by atoms with Crippen LogP contribution in [0.5, 0.6) is 0 Å². The molecule has 30 heavy (non-hydrogen) atoms. The zero-order valence-electron chi connectivity index (χ0n) is 16.4. The number of sulfonamides is 1. The van der Waals surface area contributed by atoms with Crippen LogP contribution in [0.15, 0.2) is 63.1 Å². The molecule has 2 aromatic heterocycles. The Bertz CT molecular complexity index is 1110. The summed E-state index contributed by atoms with van der Waals surface area (Å²) in [4.78, 5) is 13.8. The van der Waals surface area contributed by atoms with Gasteiger partial charge in [0.05, 0.1) is 5.92 Å². The van der Waals surface area contributed by atoms with E-state index in [0.717, 1.165) is 4.90 Å². The maximum Gasteiger partial charge on any atom is 0.276 e. The van der Waals surface area contributed by atoms with E-state index in [4.69, 9.17) is 4.42 Å². The van der Waals surface area contributed by atoms with Crippen molar-refractivity contribution in [1.82, 2.24) is 14.5 Å². The summed E-state index contributed by atoms with van der Waals surface area (Å²) in [7, 11) is -3.83.